The molecule has 1 heterocycles. The van der Waals surface area contributed by atoms with Gasteiger partial charge in [0.1, 0.15) is 5.84 Å². The first-order valence-corrected chi connectivity index (χ1v) is 7.24. The number of carbonyl (C=O) groups excluding carboxylic acids is 1. The molecular weight excluding hydrogens is 276 g/mol. The van der Waals surface area contributed by atoms with Crippen molar-refractivity contribution in [1.82, 2.24) is 5.32 Å². The highest BCUT2D eigenvalue weighted by molar-refractivity contribution is 6.03. The molecule has 0 bridgehead atoms. The van der Waals surface area contributed by atoms with Gasteiger partial charge in [0.15, 0.2) is 0 Å². The van der Waals surface area contributed by atoms with Crippen LogP contribution < -0.4 is 16.0 Å². The maximum Gasteiger partial charge on any atom is 0.323 e. The van der Waals surface area contributed by atoms with Gasteiger partial charge in [0.2, 0.25) is 0 Å². The molecule has 5 nitrogen and oxygen atoms in total. The lowest BCUT2D eigenvalue weighted by molar-refractivity contribution is 0.262. The molecule has 1 aliphatic heterocycles. The Kier molecular flexibility index (Phi) is 4.05. The van der Waals surface area contributed by atoms with Gasteiger partial charge in [0.05, 0.1) is 6.54 Å². The van der Waals surface area contributed by atoms with E-state index in [4.69, 9.17) is 0 Å². The van der Waals surface area contributed by atoms with Crippen LogP contribution in [0.5, 0.6) is 0 Å². The van der Waals surface area contributed by atoms with Gasteiger partial charge in [-0.2, -0.15) is 0 Å². The normalized spacial score (nSPS) is 13.2. The molecule has 0 aliphatic carbocycles. The Labute approximate surface area is 129 Å². The lowest BCUT2D eigenvalue weighted by Gasteiger charge is -2.09. The van der Waals surface area contributed by atoms with Gasteiger partial charge in [0.25, 0.3) is 0 Å². The first kappa shape index (κ1) is 14.1. The molecule has 0 aromatic heterocycles. The Morgan fingerprint density at radius 1 is 1.09 bits per heavy atom. The van der Waals surface area contributed by atoms with E-state index in [1.807, 2.05) is 55.5 Å². The van der Waals surface area contributed by atoms with Crippen molar-refractivity contribution in [2.45, 2.75) is 6.92 Å². The highest BCUT2D eigenvalue weighted by Crippen LogP contribution is 2.14. The number of hydrogen-bond donors (Lipinski definition) is 3. The number of anilines is 2. The molecule has 2 amide bonds. The molecule has 5 heteroatoms. The van der Waals surface area contributed by atoms with Crippen LogP contribution in [0.4, 0.5) is 16.2 Å². The number of benzene rings is 2. The smallest absolute Gasteiger partial charge is 0.323 e. The number of nitrogens with zero attached hydrogens (tertiary/aromatic N) is 1. The Morgan fingerprint density at radius 2 is 1.86 bits per heavy atom. The Hall–Kier alpha value is -2.82. The van der Waals surface area contributed by atoms with Gasteiger partial charge in [-0.05, 0) is 31.2 Å². The number of carbonyl (C=O) groups is 1. The number of hydrogen-bond acceptors (Lipinski definition) is 3. The standard InChI is InChI=1S/C17H18N4O/c1-12-5-7-14(8-6-12)20-17(22)21-15-4-2-3-13(11-15)16-18-9-10-19-16/h2-8,11H,9-10H2,1H3,(H,18,19)(H2,20,21,22). The van der Waals surface area contributed by atoms with Crippen molar-refractivity contribution in [2.75, 3.05) is 23.7 Å². The first-order valence-electron chi connectivity index (χ1n) is 7.24. The van der Waals surface area contributed by atoms with E-state index in [0.717, 1.165) is 41.4 Å². The van der Waals surface area contributed by atoms with Crippen LogP contribution in [-0.4, -0.2) is 25.0 Å². The fourth-order valence-corrected chi connectivity index (χ4v) is 2.27. The fourth-order valence-electron chi connectivity index (χ4n) is 2.27. The second-order valence-corrected chi connectivity index (χ2v) is 5.18. The molecule has 0 fully saturated rings. The molecule has 1 aliphatic rings. The van der Waals surface area contributed by atoms with Crippen LogP contribution in [0.1, 0.15) is 11.1 Å². The van der Waals surface area contributed by atoms with Gasteiger partial charge in [-0.25, -0.2) is 4.79 Å². The Balaban J connectivity index is 1.66. The summed E-state index contributed by atoms with van der Waals surface area (Å²) in [5.41, 5.74) is 3.63. The molecule has 112 valence electrons. The maximum absolute atomic E-state index is 12.0. The summed E-state index contributed by atoms with van der Waals surface area (Å²) in [5.74, 6) is 0.877. The van der Waals surface area contributed by atoms with Gasteiger partial charge in [-0.1, -0.05) is 29.8 Å². The molecule has 22 heavy (non-hydrogen) atoms. The molecule has 2 aromatic rings. The SMILES string of the molecule is Cc1ccc(NC(=O)Nc2cccc(C3=NCCN3)c2)cc1. The highest BCUT2D eigenvalue weighted by atomic mass is 16.2. The number of amides is 2. The first-order chi connectivity index (χ1) is 10.7. The minimum atomic E-state index is -0.262. The van der Waals surface area contributed by atoms with Crippen LogP contribution in [0.2, 0.25) is 0 Å². The zero-order chi connectivity index (χ0) is 15.4. The van der Waals surface area contributed by atoms with Crippen molar-refractivity contribution in [1.29, 1.82) is 0 Å². The number of rotatable bonds is 3. The summed E-state index contributed by atoms with van der Waals surface area (Å²) in [6, 6.07) is 15.0. The quantitative estimate of drug-likeness (QED) is 0.814. The second-order valence-electron chi connectivity index (χ2n) is 5.18. The lowest BCUT2D eigenvalue weighted by atomic mass is 10.2. The summed E-state index contributed by atoms with van der Waals surface area (Å²) >= 11 is 0. The molecule has 0 spiro atoms. The number of urea groups is 1. The molecule has 0 unspecified atom stereocenters. The van der Waals surface area contributed by atoms with Crippen molar-refractivity contribution in [3.63, 3.8) is 0 Å². The molecule has 0 atom stereocenters. The third-order valence-electron chi connectivity index (χ3n) is 3.38. The van der Waals surface area contributed by atoms with Crippen molar-refractivity contribution in [3.8, 4) is 0 Å². The molecule has 3 rings (SSSR count). The van der Waals surface area contributed by atoms with Crippen LogP contribution in [0.3, 0.4) is 0 Å². The van der Waals surface area contributed by atoms with E-state index in [0.29, 0.717) is 0 Å². The summed E-state index contributed by atoms with van der Waals surface area (Å²) in [6.07, 6.45) is 0. The summed E-state index contributed by atoms with van der Waals surface area (Å²) in [7, 11) is 0. The van der Waals surface area contributed by atoms with Gasteiger partial charge < -0.3 is 16.0 Å². The van der Waals surface area contributed by atoms with Crippen molar-refractivity contribution in [3.05, 3.63) is 59.7 Å². The van der Waals surface area contributed by atoms with Gasteiger partial charge in [-0.3, -0.25) is 4.99 Å². The molecular formula is C17H18N4O. The largest absolute Gasteiger partial charge is 0.368 e. The van der Waals surface area contributed by atoms with Gasteiger partial charge in [-0.15, -0.1) is 0 Å². The molecule has 0 radical (unpaired) electrons. The van der Waals surface area contributed by atoms with E-state index in [9.17, 15) is 4.79 Å². The third-order valence-corrected chi connectivity index (χ3v) is 3.38. The van der Waals surface area contributed by atoms with E-state index in [-0.39, 0.29) is 6.03 Å². The zero-order valence-electron chi connectivity index (χ0n) is 12.4. The van der Waals surface area contributed by atoms with Crippen LogP contribution in [0, 0.1) is 6.92 Å². The van der Waals surface area contributed by atoms with Gasteiger partial charge >= 0.3 is 6.03 Å². The minimum absolute atomic E-state index is 0.262. The molecule has 0 saturated heterocycles. The third kappa shape index (κ3) is 3.44. The predicted molar refractivity (Wildman–Crippen MR) is 89.7 cm³/mol. The molecule has 3 N–H and O–H groups in total. The number of aliphatic imine (C=N–C) groups is 1. The predicted octanol–water partition coefficient (Wildman–Crippen LogP) is 2.99. The van der Waals surface area contributed by atoms with E-state index in [1.165, 1.54) is 0 Å². The van der Waals surface area contributed by atoms with Crippen molar-refractivity contribution in [2.24, 2.45) is 4.99 Å². The fraction of sp³-hybridized carbons (Fsp3) is 0.176. The topological polar surface area (TPSA) is 65.5 Å². The molecule has 2 aromatic carbocycles. The summed E-state index contributed by atoms with van der Waals surface area (Å²) in [5, 5.41) is 8.87. The number of amidine groups is 1. The van der Waals surface area contributed by atoms with Crippen LogP contribution in [0.25, 0.3) is 0 Å². The average Bonchev–Trinajstić information content (AvgIpc) is 3.04. The molecule has 0 saturated carbocycles. The lowest BCUT2D eigenvalue weighted by Crippen LogP contribution is -2.21. The van der Waals surface area contributed by atoms with E-state index in [2.05, 4.69) is 20.9 Å². The summed E-state index contributed by atoms with van der Waals surface area (Å²) in [6.45, 7) is 3.66. The van der Waals surface area contributed by atoms with Crippen LogP contribution in [0.15, 0.2) is 53.5 Å². The van der Waals surface area contributed by atoms with Crippen LogP contribution in [-0.2, 0) is 0 Å². The second kappa shape index (κ2) is 6.30. The van der Waals surface area contributed by atoms with Gasteiger partial charge in [0, 0.05) is 23.5 Å². The van der Waals surface area contributed by atoms with Crippen molar-refractivity contribution >= 4 is 23.2 Å². The summed E-state index contributed by atoms with van der Waals surface area (Å²) < 4.78 is 0. The van der Waals surface area contributed by atoms with Crippen molar-refractivity contribution < 1.29 is 4.79 Å². The highest BCUT2D eigenvalue weighted by Gasteiger charge is 2.09. The average molecular weight is 294 g/mol. The monoisotopic (exact) mass is 294 g/mol. The Morgan fingerprint density at radius 3 is 2.59 bits per heavy atom. The Bertz CT molecular complexity index is 707. The van der Waals surface area contributed by atoms with Crippen LogP contribution >= 0.6 is 0 Å². The van der Waals surface area contributed by atoms with E-state index >= 15 is 0 Å². The minimum Gasteiger partial charge on any atom is -0.368 e. The summed E-state index contributed by atoms with van der Waals surface area (Å²) in [4.78, 5) is 16.4. The maximum atomic E-state index is 12.0. The number of aryl methyl sites for hydroxylation is 1. The zero-order valence-corrected chi connectivity index (χ0v) is 12.4. The van der Waals surface area contributed by atoms with E-state index in [1.54, 1.807) is 0 Å². The number of nitrogens with one attached hydrogen (secondary N) is 3. The van der Waals surface area contributed by atoms with E-state index < -0.39 is 0 Å².